The fourth-order valence-corrected chi connectivity index (χ4v) is 1.16. The van der Waals surface area contributed by atoms with Gasteiger partial charge in [0.15, 0.2) is 5.96 Å². The van der Waals surface area contributed by atoms with Gasteiger partial charge in [0, 0.05) is 18.9 Å². The molecule has 1 aromatic rings. The second kappa shape index (κ2) is 5.24. The largest absolute Gasteiger partial charge is 0.370 e. The zero-order valence-corrected chi connectivity index (χ0v) is 7.66. The van der Waals surface area contributed by atoms with Gasteiger partial charge in [0.2, 0.25) is 0 Å². The first-order chi connectivity index (χ1) is 6.29. The van der Waals surface area contributed by atoms with E-state index in [1.54, 1.807) is 0 Å². The summed E-state index contributed by atoms with van der Waals surface area (Å²) in [6, 6.07) is 2.08. The molecule has 0 unspecified atom stereocenters. The number of aliphatic imine (C=N–C) groups is 1. The topological polar surface area (TPSA) is 80.2 Å². The maximum absolute atomic E-state index is 5.19. The van der Waals surface area contributed by atoms with Gasteiger partial charge in [-0.3, -0.25) is 4.99 Å². The van der Waals surface area contributed by atoms with Gasteiger partial charge in [-0.25, -0.2) is 0 Å². The van der Waals surface area contributed by atoms with E-state index < -0.39 is 0 Å². The van der Waals surface area contributed by atoms with Crippen molar-refractivity contribution in [1.29, 1.82) is 0 Å². The minimum absolute atomic E-state index is 0.182. The fraction of sp³-hybridized carbons (Fsp3) is 0.444. The first-order valence-corrected chi connectivity index (χ1v) is 4.46. The Labute approximate surface area is 78.0 Å². The molecule has 0 aliphatic heterocycles. The quantitative estimate of drug-likeness (QED) is 0.352. The normalized spacial score (nSPS) is 9.85. The Balaban J connectivity index is 2.05. The summed E-state index contributed by atoms with van der Waals surface area (Å²) >= 11 is 0. The molecule has 4 heteroatoms. The molecule has 0 spiro atoms. The van der Waals surface area contributed by atoms with Crippen LogP contribution in [-0.2, 0) is 6.42 Å². The van der Waals surface area contributed by atoms with Gasteiger partial charge in [-0.1, -0.05) is 0 Å². The summed E-state index contributed by atoms with van der Waals surface area (Å²) in [6.45, 7) is 0.729. The van der Waals surface area contributed by atoms with E-state index in [-0.39, 0.29) is 5.96 Å². The number of aryl methyl sites for hydroxylation is 1. The highest BCUT2D eigenvalue weighted by atomic mass is 15.0. The number of H-pyrrole nitrogens is 1. The molecule has 13 heavy (non-hydrogen) atoms. The van der Waals surface area contributed by atoms with Crippen molar-refractivity contribution >= 4 is 5.96 Å². The molecule has 1 heterocycles. The molecule has 0 atom stereocenters. The number of nitrogens with two attached hydrogens (primary N) is 2. The van der Waals surface area contributed by atoms with E-state index in [9.17, 15) is 0 Å². The van der Waals surface area contributed by atoms with Gasteiger partial charge >= 0.3 is 0 Å². The van der Waals surface area contributed by atoms with Crippen molar-refractivity contribution in [2.24, 2.45) is 16.5 Å². The van der Waals surface area contributed by atoms with Crippen LogP contribution in [0.3, 0.4) is 0 Å². The van der Waals surface area contributed by atoms with Crippen LogP contribution in [0.2, 0.25) is 0 Å². The van der Waals surface area contributed by atoms with Crippen molar-refractivity contribution in [3.8, 4) is 0 Å². The molecule has 72 valence electrons. The number of unbranched alkanes of at least 4 members (excludes halogenated alkanes) is 1. The minimum Gasteiger partial charge on any atom is -0.370 e. The highest BCUT2D eigenvalue weighted by Crippen LogP contribution is 2.03. The SMILES string of the molecule is NC(N)=NCCCCc1cc[nH]c1. The van der Waals surface area contributed by atoms with Gasteiger partial charge in [-0.2, -0.15) is 0 Å². The van der Waals surface area contributed by atoms with E-state index in [4.69, 9.17) is 11.5 Å². The lowest BCUT2D eigenvalue weighted by Crippen LogP contribution is -2.22. The molecule has 0 radical (unpaired) electrons. The van der Waals surface area contributed by atoms with Crippen LogP contribution < -0.4 is 11.5 Å². The van der Waals surface area contributed by atoms with Crippen molar-refractivity contribution in [3.05, 3.63) is 24.0 Å². The van der Waals surface area contributed by atoms with Crippen molar-refractivity contribution in [2.45, 2.75) is 19.3 Å². The van der Waals surface area contributed by atoms with Gasteiger partial charge in [0.1, 0.15) is 0 Å². The molecule has 0 fully saturated rings. The monoisotopic (exact) mass is 180 g/mol. The Morgan fingerprint density at radius 1 is 1.38 bits per heavy atom. The Kier molecular flexibility index (Phi) is 3.88. The van der Waals surface area contributed by atoms with Gasteiger partial charge < -0.3 is 16.5 Å². The number of guanidine groups is 1. The highest BCUT2D eigenvalue weighted by molar-refractivity contribution is 5.75. The Bertz CT molecular complexity index is 247. The van der Waals surface area contributed by atoms with E-state index in [1.165, 1.54) is 5.56 Å². The summed E-state index contributed by atoms with van der Waals surface area (Å²) in [5.74, 6) is 0.182. The Morgan fingerprint density at radius 3 is 2.85 bits per heavy atom. The smallest absolute Gasteiger partial charge is 0.185 e. The molecule has 0 aromatic carbocycles. The number of hydrogen-bond donors (Lipinski definition) is 3. The van der Waals surface area contributed by atoms with E-state index in [0.29, 0.717) is 0 Å². The third-order valence-electron chi connectivity index (χ3n) is 1.83. The van der Waals surface area contributed by atoms with E-state index in [1.807, 2.05) is 12.4 Å². The molecule has 0 aliphatic rings. The first-order valence-electron chi connectivity index (χ1n) is 4.46. The lowest BCUT2D eigenvalue weighted by Gasteiger charge is -1.96. The molecule has 0 saturated carbocycles. The lowest BCUT2D eigenvalue weighted by molar-refractivity contribution is 0.745. The predicted octanol–water partition coefficient (Wildman–Crippen LogP) is 0.611. The summed E-state index contributed by atoms with van der Waals surface area (Å²) in [5.41, 5.74) is 11.7. The molecule has 0 amide bonds. The molecule has 1 aromatic heterocycles. The predicted molar refractivity (Wildman–Crippen MR) is 54.4 cm³/mol. The molecular formula is C9H16N4. The zero-order valence-electron chi connectivity index (χ0n) is 7.66. The molecule has 5 N–H and O–H groups in total. The molecule has 0 aliphatic carbocycles. The van der Waals surface area contributed by atoms with Crippen LogP contribution in [0.5, 0.6) is 0 Å². The van der Waals surface area contributed by atoms with Crippen LogP contribution in [-0.4, -0.2) is 17.5 Å². The number of hydrogen-bond acceptors (Lipinski definition) is 1. The average Bonchev–Trinajstić information content (AvgIpc) is 2.55. The van der Waals surface area contributed by atoms with Gasteiger partial charge in [-0.05, 0) is 30.9 Å². The van der Waals surface area contributed by atoms with Gasteiger partial charge in [0.25, 0.3) is 0 Å². The summed E-state index contributed by atoms with van der Waals surface area (Å²) < 4.78 is 0. The summed E-state index contributed by atoms with van der Waals surface area (Å²) in [4.78, 5) is 6.93. The van der Waals surface area contributed by atoms with Crippen LogP contribution in [0.25, 0.3) is 0 Å². The van der Waals surface area contributed by atoms with Crippen molar-refractivity contribution in [3.63, 3.8) is 0 Å². The number of aromatic amines is 1. The van der Waals surface area contributed by atoms with E-state index >= 15 is 0 Å². The fourth-order valence-electron chi connectivity index (χ4n) is 1.16. The molecule has 4 nitrogen and oxygen atoms in total. The maximum Gasteiger partial charge on any atom is 0.185 e. The van der Waals surface area contributed by atoms with Crippen LogP contribution in [0, 0.1) is 0 Å². The van der Waals surface area contributed by atoms with Crippen molar-refractivity contribution < 1.29 is 0 Å². The Morgan fingerprint density at radius 2 is 2.23 bits per heavy atom. The first kappa shape index (κ1) is 9.64. The third-order valence-corrected chi connectivity index (χ3v) is 1.83. The summed E-state index contributed by atoms with van der Waals surface area (Å²) in [6.07, 6.45) is 7.19. The summed E-state index contributed by atoms with van der Waals surface area (Å²) in [5, 5.41) is 0. The standard InChI is InChI=1S/C9H16N4/c10-9(11)13-5-2-1-3-8-4-6-12-7-8/h4,6-7,12H,1-3,5H2,(H4,10,11,13). The van der Waals surface area contributed by atoms with E-state index in [0.717, 1.165) is 25.8 Å². The van der Waals surface area contributed by atoms with Crippen molar-refractivity contribution in [1.82, 2.24) is 4.98 Å². The Hall–Kier alpha value is -1.45. The molecule has 0 saturated heterocycles. The van der Waals surface area contributed by atoms with Crippen LogP contribution in [0.1, 0.15) is 18.4 Å². The second-order valence-electron chi connectivity index (χ2n) is 2.98. The zero-order chi connectivity index (χ0) is 9.52. The number of aromatic nitrogens is 1. The third kappa shape index (κ3) is 4.20. The second-order valence-corrected chi connectivity index (χ2v) is 2.98. The van der Waals surface area contributed by atoms with Gasteiger partial charge in [-0.15, -0.1) is 0 Å². The summed E-state index contributed by atoms with van der Waals surface area (Å²) in [7, 11) is 0. The maximum atomic E-state index is 5.19. The number of rotatable bonds is 5. The van der Waals surface area contributed by atoms with Crippen LogP contribution in [0.15, 0.2) is 23.5 Å². The van der Waals surface area contributed by atoms with Crippen LogP contribution >= 0.6 is 0 Å². The molecular weight excluding hydrogens is 164 g/mol. The molecule has 0 bridgehead atoms. The average molecular weight is 180 g/mol. The van der Waals surface area contributed by atoms with Gasteiger partial charge in [0.05, 0.1) is 0 Å². The highest BCUT2D eigenvalue weighted by Gasteiger charge is 1.92. The van der Waals surface area contributed by atoms with E-state index in [2.05, 4.69) is 16.0 Å². The lowest BCUT2D eigenvalue weighted by atomic mass is 10.1. The van der Waals surface area contributed by atoms with Crippen LogP contribution in [0.4, 0.5) is 0 Å². The van der Waals surface area contributed by atoms with Crippen molar-refractivity contribution in [2.75, 3.05) is 6.54 Å². The molecule has 1 rings (SSSR count). The number of nitrogens with zero attached hydrogens (tertiary/aromatic N) is 1. The minimum atomic E-state index is 0.182. The number of nitrogens with one attached hydrogen (secondary N) is 1.